The fourth-order valence-electron chi connectivity index (χ4n) is 4.15. The maximum atomic E-state index is 12.6. The minimum absolute atomic E-state index is 0.317. The molecule has 2 heterocycles. The van der Waals surface area contributed by atoms with Gasteiger partial charge in [-0.25, -0.2) is 0 Å². The summed E-state index contributed by atoms with van der Waals surface area (Å²) in [6, 6.07) is 0.488. The first-order valence-corrected chi connectivity index (χ1v) is 7.15. The van der Waals surface area contributed by atoms with Crippen molar-refractivity contribution in [3.63, 3.8) is 0 Å². The quantitative estimate of drug-likeness (QED) is 0.638. The Bertz CT molecular complexity index is 347. The molecule has 0 aromatic carbocycles. The minimum atomic E-state index is 0.317. The maximum absolute atomic E-state index is 12.6. The van der Waals surface area contributed by atoms with E-state index in [1.54, 1.807) is 0 Å². The molecule has 0 radical (unpaired) electrons. The molecule has 3 rings (SSSR count). The van der Waals surface area contributed by atoms with Gasteiger partial charge in [-0.2, -0.15) is 0 Å². The summed E-state index contributed by atoms with van der Waals surface area (Å²) in [5.41, 5.74) is 0. The average Bonchev–Trinajstić information content (AvgIpc) is 2.42. The number of fused-ring (bicyclic) bond motifs is 1. The number of hydrogen-bond donors (Lipinski definition) is 0. The van der Waals surface area contributed by atoms with Gasteiger partial charge < -0.3 is 4.90 Å². The first kappa shape index (κ1) is 11.3. The van der Waals surface area contributed by atoms with Gasteiger partial charge in [0.15, 0.2) is 0 Å². The molecule has 2 bridgehead atoms. The largest absolute Gasteiger partial charge is 0.339 e. The van der Waals surface area contributed by atoms with E-state index < -0.39 is 0 Å². The van der Waals surface area contributed by atoms with E-state index in [1.807, 2.05) is 0 Å². The first-order chi connectivity index (χ1) is 8.18. The van der Waals surface area contributed by atoms with Crippen molar-refractivity contribution in [1.29, 1.82) is 0 Å². The molecule has 2 nitrogen and oxygen atoms in total. The molecule has 4 atom stereocenters. The lowest BCUT2D eigenvalue weighted by atomic mass is 9.71. The molecule has 0 aromatic rings. The highest BCUT2D eigenvalue weighted by atomic mass is 16.2. The van der Waals surface area contributed by atoms with Gasteiger partial charge in [0, 0.05) is 18.5 Å². The number of allylic oxidation sites excluding steroid dienone is 2. The van der Waals surface area contributed by atoms with Crippen molar-refractivity contribution >= 4 is 5.91 Å². The van der Waals surface area contributed by atoms with E-state index in [9.17, 15) is 4.79 Å². The topological polar surface area (TPSA) is 20.3 Å². The van der Waals surface area contributed by atoms with Crippen LogP contribution in [0, 0.1) is 23.7 Å². The lowest BCUT2D eigenvalue weighted by molar-refractivity contribution is -0.145. The van der Waals surface area contributed by atoms with Crippen LogP contribution in [-0.4, -0.2) is 23.4 Å². The van der Waals surface area contributed by atoms with Crippen LogP contribution >= 0.6 is 0 Å². The zero-order valence-corrected chi connectivity index (χ0v) is 10.9. The second kappa shape index (κ2) is 4.15. The van der Waals surface area contributed by atoms with Gasteiger partial charge in [-0.1, -0.05) is 26.0 Å². The number of nitrogens with zero attached hydrogens (tertiary/aromatic N) is 1. The molecule has 94 valence electrons. The maximum Gasteiger partial charge on any atom is 0.226 e. The van der Waals surface area contributed by atoms with Crippen molar-refractivity contribution in [3.05, 3.63) is 12.2 Å². The molecule has 2 heteroatoms. The molecular formula is C15H23NO. The number of amides is 1. The second-order valence-electron chi connectivity index (χ2n) is 6.32. The van der Waals surface area contributed by atoms with Crippen LogP contribution in [0.2, 0.25) is 0 Å². The Labute approximate surface area is 104 Å². The van der Waals surface area contributed by atoms with Gasteiger partial charge in [-0.05, 0) is 43.4 Å². The van der Waals surface area contributed by atoms with E-state index in [0.717, 1.165) is 13.0 Å². The van der Waals surface area contributed by atoms with Crippen molar-refractivity contribution in [3.8, 4) is 0 Å². The van der Waals surface area contributed by atoms with Crippen LogP contribution in [0.4, 0.5) is 0 Å². The molecule has 1 aliphatic carbocycles. The smallest absolute Gasteiger partial charge is 0.226 e. The summed E-state index contributed by atoms with van der Waals surface area (Å²) >= 11 is 0. The fourth-order valence-corrected chi connectivity index (χ4v) is 4.15. The van der Waals surface area contributed by atoms with E-state index in [2.05, 4.69) is 30.9 Å². The Morgan fingerprint density at radius 2 is 2.12 bits per heavy atom. The van der Waals surface area contributed by atoms with Crippen LogP contribution in [0.1, 0.15) is 39.5 Å². The molecule has 1 amide bonds. The van der Waals surface area contributed by atoms with Crippen LogP contribution in [0.5, 0.6) is 0 Å². The number of piperidine rings is 1. The lowest BCUT2D eigenvalue weighted by Gasteiger charge is -2.43. The molecular weight excluding hydrogens is 210 g/mol. The van der Waals surface area contributed by atoms with Gasteiger partial charge in [-0.3, -0.25) is 4.79 Å². The van der Waals surface area contributed by atoms with Crippen molar-refractivity contribution in [2.24, 2.45) is 23.7 Å². The van der Waals surface area contributed by atoms with Crippen LogP contribution in [0.25, 0.3) is 0 Å². The Balaban J connectivity index is 1.94. The summed E-state index contributed by atoms with van der Waals surface area (Å²) in [5.74, 6) is 2.55. The number of carbonyl (C=O) groups excluding carboxylic acids is 1. The van der Waals surface area contributed by atoms with Crippen LogP contribution in [0.3, 0.4) is 0 Å². The molecule has 0 unspecified atom stereocenters. The molecule has 0 spiro atoms. The molecule has 2 fully saturated rings. The van der Waals surface area contributed by atoms with Gasteiger partial charge in [0.1, 0.15) is 0 Å². The Kier molecular flexibility index (Phi) is 2.76. The standard InChI is InChI=1S/C15H23NO/c1-10(2)13-7-6-11-4-3-5-12-8-9-16(13)15(17)14(11)12/h3-4,10-14H,5-9H2,1-2H3/t11-,12-,13+,14+/m0/s1. The van der Waals surface area contributed by atoms with Crippen molar-refractivity contribution in [2.45, 2.75) is 45.6 Å². The monoisotopic (exact) mass is 233 g/mol. The number of hydrogen-bond acceptors (Lipinski definition) is 1. The average molecular weight is 233 g/mol. The summed E-state index contributed by atoms with van der Waals surface area (Å²) < 4.78 is 0. The van der Waals surface area contributed by atoms with E-state index in [0.29, 0.717) is 35.6 Å². The third-order valence-corrected chi connectivity index (χ3v) is 5.07. The Morgan fingerprint density at radius 1 is 1.29 bits per heavy atom. The van der Waals surface area contributed by atoms with E-state index in [4.69, 9.17) is 0 Å². The molecule has 0 aromatic heterocycles. The van der Waals surface area contributed by atoms with Gasteiger partial charge in [0.25, 0.3) is 0 Å². The van der Waals surface area contributed by atoms with Crippen LogP contribution in [-0.2, 0) is 4.79 Å². The van der Waals surface area contributed by atoms with Crippen LogP contribution in [0.15, 0.2) is 12.2 Å². The zero-order valence-electron chi connectivity index (χ0n) is 10.9. The van der Waals surface area contributed by atoms with Crippen LogP contribution < -0.4 is 0 Å². The predicted molar refractivity (Wildman–Crippen MR) is 68.4 cm³/mol. The third-order valence-electron chi connectivity index (χ3n) is 5.07. The first-order valence-electron chi connectivity index (χ1n) is 7.15. The van der Waals surface area contributed by atoms with E-state index >= 15 is 0 Å². The molecule has 2 saturated heterocycles. The number of rotatable bonds is 1. The normalized spacial score (nSPS) is 40.6. The van der Waals surface area contributed by atoms with Crippen molar-refractivity contribution in [2.75, 3.05) is 6.54 Å². The zero-order chi connectivity index (χ0) is 12.0. The highest BCUT2D eigenvalue weighted by molar-refractivity contribution is 5.81. The summed E-state index contributed by atoms with van der Waals surface area (Å²) in [4.78, 5) is 14.9. The Morgan fingerprint density at radius 3 is 2.88 bits per heavy atom. The third kappa shape index (κ3) is 1.73. The molecule has 0 saturated carbocycles. The lowest BCUT2D eigenvalue weighted by Crippen LogP contribution is -2.51. The van der Waals surface area contributed by atoms with Gasteiger partial charge in [0.2, 0.25) is 5.91 Å². The van der Waals surface area contributed by atoms with Gasteiger partial charge in [0.05, 0.1) is 0 Å². The molecule has 2 aliphatic heterocycles. The van der Waals surface area contributed by atoms with Gasteiger partial charge >= 0.3 is 0 Å². The highest BCUT2D eigenvalue weighted by Crippen LogP contribution is 2.43. The predicted octanol–water partition coefficient (Wildman–Crippen LogP) is 2.85. The summed E-state index contributed by atoms with van der Waals surface area (Å²) in [6.45, 7) is 5.52. The summed E-state index contributed by atoms with van der Waals surface area (Å²) in [7, 11) is 0. The van der Waals surface area contributed by atoms with Crippen molar-refractivity contribution in [1.82, 2.24) is 4.90 Å². The minimum Gasteiger partial charge on any atom is -0.339 e. The van der Waals surface area contributed by atoms with E-state index in [1.165, 1.54) is 19.3 Å². The summed E-state index contributed by atoms with van der Waals surface area (Å²) in [5, 5.41) is 0. The molecule has 0 N–H and O–H groups in total. The van der Waals surface area contributed by atoms with Crippen molar-refractivity contribution < 1.29 is 4.79 Å². The SMILES string of the molecule is CC(C)[C@H]1CC[C@@H]2C=CC[C@H]3CCN1C(=O)[C@@H]32. The second-order valence-corrected chi connectivity index (χ2v) is 6.32. The number of carbonyl (C=O) groups is 1. The Hall–Kier alpha value is -0.790. The van der Waals surface area contributed by atoms with E-state index in [-0.39, 0.29) is 0 Å². The fraction of sp³-hybridized carbons (Fsp3) is 0.800. The van der Waals surface area contributed by atoms with Gasteiger partial charge in [-0.15, -0.1) is 0 Å². The molecule has 17 heavy (non-hydrogen) atoms. The highest BCUT2D eigenvalue weighted by Gasteiger charge is 2.46. The summed E-state index contributed by atoms with van der Waals surface area (Å²) in [6.07, 6.45) is 9.41. The molecule has 3 aliphatic rings.